The van der Waals surface area contributed by atoms with Crippen LogP contribution in [0.5, 0.6) is 0 Å². The van der Waals surface area contributed by atoms with Gasteiger partial charge in [-0.3, -0.25) is 4.98 Å². The van der Waals surface area contributed by atoms with Crippen LogP contribution in [-0.4, -0.2) is 4.98 Å². The highest BCUT2D eigenvalue weighted by Gasteiger charge is 2.05. The van der Waals surface area contributed by atoms with Crippen molar-refractivity contribution in [2.45, 2.75) is 25.7 Å². The number of unbranched alkanes of at least 4 members (excludes halogenated alkanes) is 1. The molecule has 30 heavy (non-hydrogen) atoms. The second kappa shape index (κ2) is 8.51. The normalized spacial score (nSPS) is 11.2. The van der Waals surface area contributed by atoms with Gasteiger partial charge in [0.2, 0.25) is 0 Å². The van der Waals surface area contributed by atoms with Gasteiger partial charge in [-0.1, -0.05) is 78.9 Å². The third kappa shape index (κ3) is 3.97. The maximum Gasteiger partial charge on any atom is 0.0704 e. The van der Waals surface area contributed by atoms with E-state index in [9.17, 15) is 0 Å². The molecular formula is C29H25N. The summed E-state index contributed by atoms with van der Waals surface area (Å²) in [6.45, 7) is 0. The number of aromatic nitrogens is 1. The number of fused-ring (bicyclic) bond motifs is 3. The third-order valence-electron chi connectivity index (χ3n) is 5.89. The van der Waals surface area contributed by atoms with Gasteiger partial charge in [-0.2, -0.15) is 0 Å². The summed E-state index contributed by atoms with van der Waals surface area (Å²) >= 11 is 0. The molecule has 0 saturated heterocycles. The Kier molecular flexibility index (Phi) is 5.26. The zero-order valence-electron chi connectivity index (χ0n) is 17.1. The molecule has 0 fully saturated rings. The molecule has 0 radical (unpaired) electrons. The van der Waals surface area contributed by atoms with E-state index in [2.05, 4.69) is 102 Å². The maximum atomic E-state index is 4.65. The molecule has 1 aromatic heterocycles. The topological polar surface area (TPSA) is 12.9 Å². The maximum absolute atomic E-state index is 4.65. The van der Waals surface area contributed by atoms with E-state index in [0.717, 1.165) is 18.5 Å². The minimum atomic E-state index is 1.06. The Morgan fingerprint density at radius 2 is 1.27 bits per heavy atom. The summed E-state index contributed by atoms with van der Waals surface area (Å²) < 4.78 is 0. The van der Waals surface area contributed by atoms with Crippen molar-refractivity contribution in [3.63, 3.8) is 0 Å². The van der Waals surface area contributed by atoms with Gasteiger partial charge in [-0.05, 0) is 76.6 Å². The van der Waals surface area contributed by atoms with Gasteiger partial charge in [0, 0.05) is 11.8 Å². The monoisotopic (exact) mass is 387 g/mol. The van der Waals surface area contributed by atoms with Gasteiger partial charge in [-0.15, -0.1) is 0 Å². The van der Waals surface area contributed by atoms with Crippen molar-refractivity contribution >= 4 is 21.5 Å². The van der Waals surface area contributed by atoms with Crippen molar-refractivity contribution in [2.75, 3.05) is 0 Å². The molecule has 1 heterocycles. The minimum absolute atomic E-state index is 1.06. The molecule has 0 spiro atoms. The number of benzene rings is 4. The van der Waals surface area contributed by atoms with E-state index in [1.165, 1.54) is 51.1 Å². The predicted octanol–water partition coefficient (Wildman–Crippen LogP) is 7.62. The zero-order chi connectivity index (χ0) is 20.2. The van der Waals surface area contributed by atoms with Crippen molar-refractivity contribution in [1.29, 1.82) is 0 Å². The van der Waals surface area contributed by atoms with Crippen LogP contribution in [0.15, 0.2) is 103 Å². The Morgan fingerprint density at radius 1 is 0.533 bits per heavy atom. The average molecular weight is 388 g/mol. The van der Waals surface area contributed by atoms with Gasteiger partial charge in [-0.25, -0.2) is 0 Å². The van der Waals surface area contributed by atoms with Crippen LogP contribution in [0.4, 0.5) is 0 Å². The lowest BCUT2D eigenvalue weighted by Gasteiger charge is -2.08. The quantitative estimate of drug-likeness (QED) is 0.216. The number of nitrogens with zero attached hydrogens (tertiary/aromatic N) is 1. The van der Waals surface area contributed by atoms with Crippen LogP contribution < -0.4 is 0 Å². The van der Waals surface area contributed by atoms with E-state index in [4.69, 9.17) is 0 Å². The average Bonchev–Trinajstić information content (AvgIpc) is 2.82. The Balaban J connectivity index is 1.33. The lowest BCUT2D eigenvalue weighted by atomic mass is 9.98. The van der Waals surface area contributed by atoms with Crippen LogP contribution in [0.1, 0.15) is 24.0 Å². The molecule has 0 unspecified atom stereocenters. The molecule has 0 bridgehead atoms. The van der Waals surface area contributed by atoms with Crippen LogP contribution in [0.2, 0.25) is 0 Å². The molecule has 146 valence electrons. The Morgan fingerprint density at radius 3 is 2.17 bits per heavy atom. The SMILES string of the molecule is c1ccc(CCCCc2ccnc(-c3ccc4c(ccc5ccccc54)c3)c2)cc1. The first kappa shape index (κ1) is 18.6. The number of rotatable bonds is 6. The summed E-state index contributed by atoms with van der Waals surface area (Å²) in [6.07, 6.45) is 6.61. The van der Waals surface area contributed by atoms with Crippen LogP contribution in [0, 0.1) is 0 Å². The molecule has 0 N–H and O–H groups in total. The van der Waals surface area contributed by atoms with Crippen molar-refractivity contribution < 1.29 is 0 Å². The number of pyridine rings is 1. The lowest BCUT2D eigenvalue weighted by molar-refractivity contribution is 0.734. The molecule has 0 aliphatic rings. The van der Waals surface area contributed by atoms with Gasteiger partial charge >= 0.3 is 0 Å². The molecule has 0 atom stereocenters. The summed E-state index contributed by atoms with van der Waals surface area (Å²) in [5, 5.41) is 5.16. The van der Waals surface area contributed by atoms with Gasteiger partial charge in [0.05, 0.1) is 5.69 Å². The van der Waals surface area contributed by atoms with Crippen LogP contribution in [0.3, 0.4) is 0 Å². The first-order chi connectivity index (χ1) is 14.9. The summed E-state index contributed by atoms with van der Waals surface area (Å²) in [4.78, 5) is 4.65. The molecule has 1 nitrogen and oxygen atoms in total. The van der Waals surface area contributed by atoms with Crippen molar-refractivity contribution in [3.8, 4) is 11.3 Å². The second-order valence-electron chi connectivity index (χ2n) is 7.96. The fourth-order valence-electron chi connectivity index (χ4n) is 4.26. The van der Waals surface area contributed by atoms with Gasteiger partial charge in [0.15, 0.2) is 0 Å². The molecule has 5 rings (SSSR count). The first-order valence-electron chi connectivity index (χ1n) is 10.8. The number of aryl methyl sites for hydroxylation is 2. The van der Waals surface area contributed by atoms with Crippen molar-refractivity contribution in [3.05, 3.63) is 114 Å². The molecule has 0 aliphatic carbocycles. The van der Waals surface area contributed by atoms with E-state index in [0.29, 0.717) is 0 Å². The number of hydrogen-bond acceptors (Lipinski definition) is 1. The molecule has 5 aromatic rings. The Hall–Kier alpha value is -3.45. The molecule has 1 heteroatoms. The van der Waals surface area contributed by atoms with Crippen molar-refractivity contribution in [2.24, 2.45) is 0 Å². The van der Waals surface area contributed by atoms with Crippen LogP contribution >= 0.6 is 0 Å². The second-order valence-corrected chi connectivity index (χ2v) is 7.96. The van der Waals surface area contributed by atoms with E-state index >= 15 is 0 Å². The largest absolute Gasteiger partial charge is 0.256 e. The predicted molar refractivity (Wildman–Crippen MR) is 128 cm³/mol. The first-order valence-corrected chi connectivity index (χ1v) is 10.8. The summed E-state index contributed by atoms with van der Waals surface area (Å²) in [5.41, 5.74) is 5.04. The fraction of sp³-hybridized carbons (Fsp3) is 0.138. The van der Waals surface area contributed by atoms with Crippen LogP contribution in [0.25, 0.3) is 32.8 Å². The van der Waals surface area contributed by atoms with E-state index < -0.39 is 0 Å². The Bertz CT molecular complexity index is 1290. The summed E-state index contributed by atoms with van der Waals surface area (Å²) in [6, 6.07) is 34.9. The Labute approximate surface area is 178 Å². The summed E-state index contributed by atoms with van der Waals surface area (Å²) in [5.74, 6) is 0. The van der Waals surface area contributed by atoms with Crippen LogP contribution in [-0.2, 0) is 12.8 Å². The highest BCUT2D eigenvalue weighted by atomic mass is 14.7. The lowest BCUT2D eigenvalue weighted by Crippen LogP contribution is -1.92. The van der Waals surface area contributed by atoms with E-state index in [1.807, 2.05) is 6.20 Å². The zero-order valence-corrected chi connectivity index (χ0v) is 17.1. The van der Waals surface area contributed by atoms with Gasteiger partial charge in [0.1, 0.15) is 0 Å². The minimum Gasteiger partial charge on any atom is -0.256 e. The number of hydrogen-bond donors (Lipinski definition) is 0. The highest BCUT2D eigenvalue weighted by molar-refractivity contribution is 6.08. The highest BCUT2D eigenvalue weighted by Crippen LogP contribution is 2.29. The van der Waals surface area contributed by atoms with Gasteiger partial charge < -0.3 is 0 Å². The molecule has 0 aliphatic heterocycles. The van der Waals surface area contributed by atoms with E-state index in [1.54, 1.807) is 0 Å². The molecule has 4 aromatic carbocycles. The van der Waals surface area contributed by atoms with Crippen molar-refractivity contribution in [1.82, 2.24) is 4.98 Å². The summed E-state index contributed by atoms with van der Waals surface area (Å²) in [7, 11) is 0. The van der Waals surface area contributed by atoms with Gasteiger partial charge in [0.25, 0.3) is 0 Å². The smallest absolute Gasteiger partial charge is 0.0704 e. The molecule has 0 amide bonds. The standard InChI is InChI=1S/C29H25N/c1-2-8-22(9-3-1)10-4-5-11-23-18-19-30-29(20-23)26-16-17-28-25(21-26)15-14-24-12-6-7-13-27(24)28/h1-3,6-9,12-21H,4-5,10-11H2. The molecule has 0 saturated carbocycles. The molecular weight excluding hydrogens is 362 g/mol. The van der Waals surface area contributed by atoms with E-state index in [-0.39, 0.29) is 0 Å². The third-order valence-corrected chi connectivity index (χ3v) is 5.89. The fourth-order valence-corrected chi connectivity index (χ4v) is 4.26.